The van der Waals surface area contributed by atoms with Crippen LogP contribution in [0.4, 0.5) is 5.82 Å². The van der Waals surface area contributed by atoms with Crippen LogP contribution in [0.2, 0.25) is 5.02 Å². The predicted molar refractivity (Wildman–Crippen MR) is 63.4 cm³/mol. The van der Waals surface area contributed by atoms with Gasteiger partial charge >= 0.3 is 0 Å². The highest BCUT2D eigenvalue weighted by Crippen LogP contribution is 2.22. The Balaban J connectivity index is 2.08. The summed E-state index contributed by atoms with van der Waals surface area (Å²) in [6.45, 7) is 0.840. The van der Waals surface area contributed by atoms with Crippen LogP contribution in [0.15, 0.2) is 12.3 Å². The number of halogens is 1. The number of hydrogen-bond acceptors (Lipinski definition) is 3. The first-order valence-corrected chi connectivity index (χ1v) is 5.60. The molecule has 82 valence electrons. The summed E-state index contributed by atoms with van der Waals surface area (Å²) in [5.41, 5.74) is 1.13. The summed E-state index contributed by atoms with van der Waals surface area (Å²) >= 11 is 6.08. The Morgan fingerprint density at radius 1 is 1.53 bits per heavy atom. The van der Waals surface area contributed by atoms with Gasteiger partial charge in [0.2, 0.25) is 0 Å². The number of anilines is 1. The zero-order chi connectivity index (χ0) is 10.8. The molecule has 0 radical (unpaired) electrons. The maximum atomic E-state index is 6.08. The molecule has 1 aliphatic carbocycles. The molecule has 1 aromatic rings. The van der Waals surface area contributed by atoms with E-state index in [-0.39, 0.29) is 0 Å². The van der Waals surface area contributed by atoms with E-state index in [4.69, 9.17) is 11.6 Å². The number of hydrogen-bond donors (Lipinski definition) is 1. The van der Waals surface area contributed by atoms with Gasteiger partial charge in [-0.15, -0.1) is 0 Å². The number of nitrogens with zero attached hydrogens (tertiary/aromatic N) is 2. The summed E-state index contributed by atoms with van der Waals surface area (Å²) < 4.78 is 0. The summed E-state index contributed by atoms with van der Waals surface area (Å²) in [5.74, 6) is 0.951. The fourth-order valence-corrected chi connectivity index (χ4v) is 1.56. The molecule has 0 amide bonds. The Bertz CT molecular complexity index is 348. The van der Waals surface area contributed by atoms with Gasteiger partial charge in [0.1, 0.15) is 5.82 Å². The summed E-state index contributed by atoms with van der Waals surface area (Å²) in [7, 11) is 3.96. The molecule has 0 spiro atoms. The molecule has 4 heteroatoms. The molecule has 0 bridgehead atoms. The highest BCUT2D eigenvalue weighted by Gasteiger charge is 2.20. The fraction of sp³-hybridized carbons (Fsp3) is 0.545. The third-order valence-corrected chi connectivity index (χ3v) is 2.88. The Morgan fingerprint density at radius 3 is 2.87 bits per heavy atom. The average Bonchev–Trinajstić information content (AvgIpc) is 3.00. The van der Waals surface area contributed by atoms with Crippen LogP contribution in [0.1, 0.15) is 18.4 Å². The van der Waals surface area contributed by atoms with E-state index in [1.807, 2.05) is 25.1 Å². The molecule has 0 unspecified atom stereocenters. The maximum absolute atomic E-state index is 6.08. The maximum Gasteiger partial charge on any atom is 0.128 e. The third-order valence-electron chi connectivity index (χ3n) is 2.54. The molecule has 1 heterocycles. The molecule has 1 N–H and O–H groups in total. The minimum absolute atomic E-state index is 0.706. The van der Waals surface area contributed by atoms with Gasteiger partial charge in [-0.2, -0.15) is 0 Å². The van der Waals surface area contributed by atoms with Gasteiger partial charge in [0.05, 0.1) is 5.02 Å². The zero-order valence-electron chi connectivity index (χ0n) is 9.13. The standard InChI is InChI=1S/C11H16ClN3/c1-15(2)11-5-8(10(12)7-14-11)6-13-9-3-4-9/h5,7,9,13H,3-4,6H2,1-2H3. The van der Waals surface area contributed by atoms with E-state index in [1.54, 1.807) is 6.20 Å². The summed E-state index contributed by atoms with van der Waals surface area (Å²) in [4.78, 5) is 6.23. The quantitative estimate of drug-likeness (QED) is 0.850. The van der Waals surface area contributed by atoms with Crippen LogP contribution >= 0.6 is 11.6 Å². The molecule has 1 saturated carbocycles. The molecule has 0 atom stereocenters. The highest BCUT2D eigenvalue weighted by molar-refractivity contribution is 6.31. The monoisotopic (exact) mass is 225 g/mol. The molecule has 1 aromatic heterocycles. The number of rotatable bonds is 4. The van der Waals surface area contributed by atoms with Crippen molar-refractivity contribution < 1.29 is 0 Å². The van der Waals surface area contributed by atoms with Gasteiger partial charge in [-0.05, 0) is 24.5 Å². The second kappa shape index (κ2) is 4.37. The Kier molecular flexibility index (Phi) is 3.12. The van der Waals surface area contributed by atoms with E-state index in [0.717, 1.165) is 22.9 Å². The fourth-order valence-electron chi connectivity index (χ4n) is 1.39. The van der Waals surface area contributed by atoms with Crippen molar-refractivity contribution in [3.05, 3.63) is 22.8 Å². The van der Waals surface area contributed by atoms with E-state index in [0.29, 0.717) is 6.04 Å². The second-order valence-corrected chi connectivity index (χ2v) is 4.59. The van der Waals surface area contributed by atoms with Crippen LogP contribution in [0, 0.1) is 0 Å². The normalized spacial score (nSPS) is 15.4. The van der Waals surface area contributed by atoms with Crippen molar-refractivity contribution in [2.24, 2.45) is 0 Å². The Labute approximate surface area is 95.4 Å². The molecule has 0 saturated heterocycles. The zero-order valence-corrected chi connectivity index (χ0v) is 9.88. The molecule has 0 aliphatic heterocycles. The van der Waals surface area contributed by atoms with Gasteiger partial charge in [0, 0.05) is 32.9 Å². The molecule has 1 aliphatic rings. The topological polar surface area (TPSA) is 28.2 Å². The van der Waals surface area contributed by atoms with Crippen LogP contribution in [-0.4, -0.2) is 25.1 Å². The van der Waals surface area contributed by atoms with Gasteiger partial charge < -0.3 is 10.2 Å². The lowest BCUT2D eigenvalue weighted by Gasteiger charge is -2.13. The van der Waals surface area contributed by atoms with Crippen LogP contribution in [0.3, 0.4) is 0 Å². The van der Waals surface area contributed by atoms with E-state index < -0.39 is 0 Å². The van der Waals surface area contributed by atoms with Crippen LogP contribution in [0.5, 0.6) is 0 Å². The SMILES string of the molecule is CN(C)c1cc(CNC2CC2)c(Cl)cn1. The summed E-state index contributed by atoms with van der Waals surface area (Å²) in [6.07, 6.45) is 4.31. The second-order valence-electron chi connectivity index (χ2n) is 4.18. The number of pyridine rings is 1. The molecule has 0 aromatic carbocycles. The van der Waals surface area contributed by atoms with Crippen molar-refractivity contribution in [3.63, 3.8) is 0 Å². The van der Waals surface area contributed by atoms with Gasteiger partial charge in [0.15, 0.2) is 0 Å². The smallest absolute Gasteiger partial charge is 0.128 e. The first-order valence-electron chi connectivity index (χ1n) is 5.22. The minimum atomic E-state index is 0.706. The van der Waals surface area contributed by atoms with Crippen LogP contribution in [0.25, 0.3) is 0 Å². The Hall–Kier alpha value is -0.800. The van der Waals surface area contributed by atoms with Crippen molar-refractivity contribution in [2.45, 2.75) is 25.4 Å². The van der Waals surface area contributed by atoms with E-state index in [1.165, 1.54) is 12.8 Å². The predicted octanol–water partition coefficient (Wildman–Crippen LogP) is 2.05. The van der Waals surface area contributed by atoms with Crippen molar-refractivity contribution in [3.8, 4) is 0 Å². The van der Waals surface area contributed by atoms with Crippen LogP contribution in [-0.2, 0) is 6.54 Å². The van der Waals surface area contributed by atoms with Gasteiger partial charge in [-0.25, -0.2) is 4.98 Å². The van der Waals surface area contributed by atoms with Crippen molar-refractivity contribution in [2.75, 3.05) is 19.0 Å². The molecule has 2 rings (SSSR count). The minimum Gasteiger partial charge on any atom is -0.363 e. The molecule has 3 nitrogen and oxygen atoms in total. The van der Waals surface area contributed by atoms with Crippen LogP contribution < -0.4 is 10.2 Å². The molecule has 1 fully saturated rings. The average molecular weight is 226 g/mol. The highest BCUT2D eigenvalue weighted by atomic mass is 35.5. The number of nitrogens with one attached hydrogen (secondary N) is 1. The van der Waals surface area contributed by atoms with E-state index in [2.05, 4.69) is 10.3 Å². The lowest BCUT2D eigenvalue weighted by atomic mass is 10.2. The first kappa shape index (κ1) is 10.7. The third kappa shape index (κ3) is 2.83. The van der Waals surface area contributed by atoms with Crippen molar-refractivity contribution in [1.29, 1.82) is 0 Å². The first-order chi connectivity index (χ1) is 7.16. The lowest BCUT2D eigenvalue weighted by Crippen LogP contribution is -2.17. The van der Waals surface area contributed by atoms with Gasteiger partial charge in [-0.3, -0.25) is 0 Å². The summed E-state index contributed by atoms with van der Waals surface area (Å²) in [5, 5.41) is 4.19. The summed E-state index contributed by atoms with van der Waals surface area (Å²) in [6, 6.07) is 2.74. The van der Waals surface area contributed by atoms with Crippen molar-refractivity contribution >= 4 is 17.4 Å². The molecular weight excluding hydrogens is 210 g/mol. The van der Waals surface area contributed by atoms with Crippen molar-refractivity contribution in [1.82, 2.24) is 10.3 Å². The lowest BCUT2D eigenvalue weighted by molar-refractivity contribution is 0.687. The van der Waals surface area contributed by atoms with Gasteiger partial charge in [-0.1, -0.05) is 11.6 Å². The largest absolute Gasteiger partial charge is 0.363 e. The molecule has 15 heavy (non-hydrogen) atoms. The van der Waals surface area contributed by atoms with E-state index in [9.17, 15) is 0 Å². The van der Waals surface area contributed by atoms with E-state index >= 15 is 0 Å². The Morgan fingerprint density at radius 2 is 2.27 bits per heavy atom. The van der Waals surface area contributed by atoms with Gasteiger partial charge in [0.25, 0.3) is 0 Å². The number of aromatic nitrogens is 1. The molecular formula is C11H16ClN3.